The maximum Gasteiger partial charge on any atom is 0.0684 e. The maximum atomic E-state index is 9.02. The molecule has 0 aromatic rings. The summed E-state index contributed by atoms with van der Waals surface area (Å²) in [5, 5.41) is 21.1. The maximum absolute atomic E-state index is 9.02. The Labute approximate surface area is 79.8 Å². The molecule has 0 amide bonds. The summed E-state index contributed by atoms with van der Waals surface area (Å²) in [6.07, 6.45) is 2.97. The number of aliphatic hydroxyl groups excluding tert-OH is 1. The molecule has 0 saturated heterocycles. The largest absolute Gasteiger partial charge is 0.394 e. The fourth-order valence-electron chi connectivity index (χ4n) is 1.24. The first-order chi connectivity index (χ1) is 6.04. The highest BCUT2D eigenvalue weighted by atomic mass is 16.3. The molecule has 1 aliphatic carbocycles. The predicted molar refractivity (Wildman–Crippen MR) is 51.1 cm³/mol. The van der Waals surface area contributed by atoms with Crippen molar-refractivity contribution in [3.8, 4) is 6.07 Å². The Bertz CT molecular complexity index is 213. The summed E-state index contributed by atoms with van der Waals surface area (Å²) >= 11 is 0. The average Bonchev–Trinajstić information content (AvgIpc) is 2.85. The average molecular weight is 182 g/mol. The number of rotatable bonds is 5. The van der Waals surface area contributed by atoms with Gasteiger partial charge in [-0.3, -0.25) is 0 Å². The zero-order valence-corrected chi connectivity index (χ0v) is 8.43. The first kappa shape index (κ1) is 10.5. The van der Waals surface area contributed by atoms with Crippen molar-refractivity contribution in [3.05, 3.63) is 0 Å². The van der Waals surface area contributed by atoms with E-state index in [4.69, 9.17) is 10.4 Å². The SMILES string of the molecule is CC(C)(C#N)CCNC1(CO)CC1. The van der Waals surface area contributed by atoms with Gasteiger partial charge in [-0.2, -0.15) is 5.26 Å². The second kappa shape index (κ2) is 3.65. The molecule has 2 N–H and O–H groups in total. The highest BCUT2D eigenvalue weighted by Gasteiger charge is 2.41. The molecule has 1 aliphatic rings. The third-order valence-electron chi connectivity index (χ3n) is 2.71. The van der Waals surface area contributed by atoms with E-state index >= 15 is 0 Å². The number of aliphatic hydroxyl groups is 1. The summed E-state index contributed by atoms with van der Waals surface area (Å²) in [6.45, 7) is 4.92. The van der Waals surface area contributed by atoms with Crippen molar-refractivity contribution < 1.29 is 5.11 Å². The topological polar surface area (TPSA) is 56.0 Å². The summed E-state index contributed by atoms with van der Waals surface area (Å²) in [4.78, 5) is 0. The van der Waals surface area contributed by atoms with E-state index in [1.54, 1.807) is 0 Å². The third kappa shape index (κ3) is 2.98. The Hall–Kier alpha value is -0.590. The zero-order chi connectivity index (χ0) is 9.95. The molecule has 1 rings (SSSR count). The Morgan fingerprint density at radius 3 is 2.54 bits per heavy atom. The summed E-state index contributed by atoms with van der Waals surface area (Å²) in [5.74, 6) is 0. The summed E-state index contributed by atoms with van der Waals surface area (Å²) in [7, 11) is 0. The number of nitrogens with zero attached hydrogens (tertiary/aromatic N) is 1. The first-order valence-corrected chi connectivity index (χ1v) is 4.81. The number of nitriles is 1. The van der Waals surface area contributed by atoms with E-state index in [0.717, 1.165) is 25.8 Å². The molecule has 74 valence electrons. The van der Waals surface area contributed by atoms with Crippen LogP contribution in [0.25, 0.3) is 0 Å². The predicted octanol–water partition coefficient (Wildman–Crippen LogP) is 1.04. The Balaban J connectivity index is 2.18. The van der Waals surface area contributed by atoms with Gasteiger partial charge in [0.05, 0.1) is 18.1 Å². The lowest BCUT2D eigenvalue weighted by atomic mass is 9.91. The smallest absolute Gasteiger partial charge is 0.0684 e. The van der Waals surface area contributed by atoms with Gasteiger partial charge in [0.2, 0.25) is 0 Å². The van der Waals surface area contributed by atoms with E-state index in [1.165, 1.54) is 0 Å². The first-order valence-electron chi connectivity index (χ1n) is 4.81. The van der Waals surface area contributed by atoms with Crippen molar-refractivity contribution in [2.75, 3.05) is 13.2 Å². The molecule has 3 nitrogen and oxygen atoms in total. The monoisotopic (exact) mass is 182 g/mol. The lowest BCUT2D eigenvalue weighted by Crippen LogP contribution is -2.36. The molecule has 0 unspecified atom stereocenters. The van der Waals surface area contributed by atoms with E-state index in [0.29, 0.717) is 0 Å². The summed E-state index contributed by atoms with van der Waals surface area (Å²) in [5.41, 5.74) is -0.246. The van der Waals surface area contributed by atoms with Gasteiger partial charge in [-0.05, 0) is 39.7 Å². The molecular formula is C10H18N2O. The van der Waals surface area contributed by atoms with Crippen LogP contribution in [0.2, 0.25) is 0 Å². The highest BCUT2D eigenvalue weighted by Crippen LogP contribution is 2.34. The molecule has 0 heterocycles. The van der Waals surface area contributed by atoms with Crippen LogP contribution < -0.4 is 5.32 Å². The van der Waals surface area contributed by atoms with Gasteiger partial charge in [0.25, 0.3) is 0 Å². The van der Waals surface area contributed by atoms with Crippen molar-refractivity contribution in [1.29, 1.82) is 5.26 Å². The molecule has 1 fully saturated rings. The molecule has 3 heteroatoms. The van der Waals surface area contributed by atoms with Crippen molar-refractivity contribution in [2.45, 2.75) is 38.6 Å². The number of hydrogen-bond acceptors (Lipinski definition) is 3. The molecule has 0 aromatic carbocycles. The fraction of sp³-hybridized carbons (Fsp3) is 0.900. The lowest BCUT2D eigenvalue weighted by Gasteiger charge is -2.19. The van der Waals surface area contributed by atoms with E-state index in [1.807, 2.05) is 13.8 Å². The van der Waals surface area contributed by atoms with Crippen LogP contribution in [0, 0.1) is 16.7 Å². The molecule has 1 saturated carbocycles. The van der Waals surface area contributed by atoms with Crippen LogP contribution in [0.5, 0.6) is 0 Å². The van der Waals surface area contributed by atoms with Crippen LogP contribution in [-0.4, -0.2) is 23.8 Å². The van der Waals surface area contributed by atoms with Crippen LogP contribution in [0.4, 0.5) is 0 Å². The molecular weight excluding hydrogens is 164 g/mol. The van der Waals surface area contributed by atoms with Gasteiger partial charge in [-0.15, -0.1) is 0 Å². The van der Waals surface area contributed by atoms with Crippen molar-refractivity contribution in [1.82, 2.24) is 5.32 Å². The minimum Gasteiger partial charge on any atom is -0.394 e. The van der Waals surface area contributed by atoms with Gasteiger partial charge < -0.3 is 10.4 Å². The minimum absolute atomic E-state index is 0.00549. The molecule has 0 radical (unpaired) electrons. The van der Waals surface area contributed by atoms with Crippen molar-refractivity contribution in [3.63, 3.8) is 0 Å². The van der Waals surface area contributed by atoms with Crippen molar-refractivity contribution in [2.24, 2.45) is 5.41 Å². The quantitative estimate of drug-likeness (QED) is 0.668. The van der Waals surface area contributed by atoms with E-state index in [2.05, 4.69) is 11.4 Å². The van der Waals surface area contributed by atoms with Crippen LogP contribution in [0.1, 0.15) is 33.1 Å². The second-order valence-electron chi connectivity index (χ2n) is 4.61. The Morgan fingerprint density at radius 2 is 2.15 bits per heavy atom. The van der Waals surface area contributed by atoms with Gasteiger partial charge in [0, 0.05) is 5.54 Å². The lowest BCUT2D eigenvalue weighted by molar-refractivity contribution is 0.226. The van der Waals surface area contributed by atoms with E-state index in [-0.39, 0.29) is 17.6 Å². The van der Waals surface area contributed by atoms with Crippen LogP contribution in [0.3, 0.4) is 0 Å². The Morgan fingerprint density at radius 1 is 1.54 bits per heavy atom. The Kier molecular flexibility index (Phi) is 2.94. The summed E-state index contributed by atoms with van der Waals surface area (Å²) < 4.78 is 0. The molecule has 0 aromatic heterocycles. The normalized spacial score (nSPS) is 19.5. The summed E-state index contributed by atoms with van der Waals surface area (Å²) in [6, 6.07) is 2.26. The van der Waals surface area contributed by atoms with Gasteiger partial charge in [-0.1, -0.05) is 0 Å². The molecule has 13 heavy (non-hydrogen) atoms. The number of hydrogen-bond donors (Lipinski definition) is 2. The van der Waals surface area contributed by atoms with Crippen LogP contribution >= 0.6 is 0 Å². The zero-order valence-electron chi connectivity index (χ0n) is 8.43. The van der Waals surface area contributed by atoms with Crippen LogP contribution in [0.15, 0.2) is 0 Å². The third-order valence-corrected chi connectivity index (χ3v) is 2.71. The molecule has 0 bridgehead atoms. The fourth-order valence-corrected chi connectivity index (χ4v) is 1.24. The molecule has 0 spiro atoms. The minimum atomic E-state index is -0.251. The van der Waals surface area contributed by atoms with Gasteiger partial charge in [0.15, 0.2) is 0 Å². The van der Waals surface area contributed by atoms with Gasteiger partial charge in [-0.25, -0.2) is 0 Å². The number of nitrogens with one attached hydrogen (secondary N) is 1. The second-order valence-corrected chi connectivity index (χ2v) is 4.61. The highest BCUT2D eigenvalue weighted by molar-refractivity contribution is 5.02. The van der Waals surface area contributed by atoms with Gasteiger partial charge in [0.1, 0.15) is 0 Å². The van der Waals surface area contributed by atoms with E-state index < -0.39 is 0 Å². The van der Waals surface area contributed by atoms with E-state index in [9.17, 15) is 0 Å². The molecule has 0 atom stereocenters. The van der Waals surface area contributed by atoms with Crippen molar-refractivity contribution >= 4 is 0 Å². The standard InChI is InChI=1S/C10H18N2O/c1-9(2,7-11)5-6-12-10(8-13)3-4-10/h12-13H,3-6,8H2,1-2H3. The molecule has 0 aliphatic heterocycles. The van der Waals surface area contributed by atoms with Crippen LogP contribution in [-0.2, 0) is 0 Å². The van der Waals surface area contributed by atoms with Gasteiger partial charge >= 0.3 is 0 Å².